The highest BCUT2D eigenvalue weighted by molar-refractivity contribution is 9.10. The van der Waals surface area contributed by atoms with Crippen molar-refractivity contribution < 1.29 is 23.9 Å². The molecule has 1 aliphatic heterocycles. The van der Waals surface area contributed by atoms with Crippen molar-refractivity contribution in [3.05, 3.63) is 76.3 Å². The summed E-state index contributed by atoms with van der Waals surface area (Å²) in [5.41, 5.74) is 1.11. The first-order valence-electron chi connectivity index (χ1n) is 9.97. The quantitative estimate of drug-likeness (QED) is 0.276. The number of allylic oxidation sites excluding steroid dienone is 2. The number of fused-ring (bicyclic) bond motifs is 1. The SMILES string of the molecule is C[C@@H]1C=CC[C@@H]2C(=O)N(c3ccc(C(=O)OCC(=O)c4ccc(Br)cc4)cc3)C(=O)[C@H]12. The summed E-state index contributed by atoms with van der Waals surface area (Å²) in [6.45, 7) is 1.57. The topological polar surface area (TPSA) is 80.8 Å². The Morgan fingerprint density at radius 3 is 2.29 bits per heavy atom. The van der Waals surface area contributed by atoms with Crippen molar-refractivity contribution in [2.75, 3.05) is 11.5 Å². The largest absolute Gasteiger partial charge is 0.454 e. The standard InChI is InChI=1S/C24H20BrNO5/c1-14-3-2-4-19-21(14)23(29)26(22(19)28)18-11-7-16(8-12-18)24(30)31-13-20(27)15-5-9-17(25)10-6-15/h2-3,5-12,14,19,21H,4,13H2,1H3/t14-,19+,21-/m1/s1. The number of anilines is 1. The monoisotopic (exact) mass is 481 g/mol. The van der Waals surface area contributed by atoms with Crippen LogP contribution in [0.15, 0.2) is 65.2 Å². The molecule has 2 aliphatic rings. The number of rotatable bonds is 5. The lowest BCUT2D eigenvalue weighted by Crippen LogP contribution is -2.31. The van der Waals surface area contributed by atoms with Gasteiger partial charge in [0.2, 0.25) is 11.8 Å². The van der Waals surface area contributed by atoms with Crippen molar-refractivity contribution in [2.45, 2.75) is 13.3 Å². The van der Waals surface area contributed by atoms with Gasteiger partial charge >= 0.3 is 5.97 Å². The van der Waals surface area contributed by atoms with Gasteiger partial charge in [-0.05, 0) is 48.7 Å². The summed E-state index contributed by atoms with van der Waals surface area (Å²) >= 11 is 3.30. The van der Waals surface area contributed by atoms with Crippen LogP contribution in [0.5, 0.6) is 0 Å². The molecule has 6 nitrogen and oxygen atoms in total. The zero-order valence-electron chi connectivity index (χ0n) is 16.8. The van der Waals surface area contributed by atoms with E-state index in [1.807, 2.05) is 19.1 Å². The molecule has 0 radical (unpaired) electrons. The molecule has 2 aromatic rings. The number of ether oxygens (including phenoxy) is 1. The molecule has 0 bridgehead atoms. The number of halogens is 1. The third-order valence-corrected chi connectivity index (χ3v) is 6.26. The van der Waals surface area contributed by atoms with Crippen molar-refractivity contribution in [3.8, 4) is 0 Å². The Hall–Kier alpha value is -3.06. The molecule has 1 fully saturated rings. The van der Waals surface area contributed by atoms with Crippen molar-refractivity contribution >= 4 is 45.2 Å². The molecular formula is C24H20BrNO5. The minimum Gasteiger partial charge on any atom is -0.454 e. The number of nitrogens with zero attached hydrogens (tertiary/aromatic N) is 1. The molecule has 31 heavy (non-hydrogen) atoms. The summed E-state index contributed by atoms with van der Waals surface area (Å²) in [4.78, 5) is 51.3. The molecule has 7 heteroatoms. The minimum atomic E-state index is -0.650. The fourth-order valence-corrected chi connectivity index (χ4v) is 4.35. The van der Waals surface area contributed by atoms with Gasteiger partial charge in [0.05, 0.1) is 23.1 Å². The van der Waals surface area contributed by atoms with E-state index in [4.69, 9.17) is 4.74 Å². The number of hydrogen-bond acceptors (Lipinski definition) is 5. The zero-order chi connectivity index (χ0) is 22.1. The summed E-state index contributed by atoms with van der Waals surface area (Å²) in [5, 5.41) is 0. The highest BCUT2D eigenvalue weighted by Crippen LogP contribution is 2.40. The van der Waals surface area contributed by atoms with E-state index in [2.05, 4.69) is 15.9 Å². The van der Waals surface area contributed by atoms with Gasteiger partial charge in [-0.2, -0.15) is 0 Å². The number of amides is 2. The predicted octanol–water partition coefficient (Wildman–Crippen LogP) is 4.19. The molecule has 1 aliphatic carbocycles. The van der Waals surface area contributed by atoms with E-state index in [-0.39, 0.29) is 47.5 Å². The van der Waals surface area contributed by atoms with Crippen LogP contribution in [-0.4, -0.2) is 30.2 Å². The maximum atomic E-state index is 12.9. The number of carbonyl (C=O) groups is 4. The van der Waals surface area contributed by atoms with E-state index >= 15 is 0 Å². The van der Waals surface area contributed by atoms with Crippen LogP contribution in [0, 0.1) is 17.8 Å². The van der Waals surface area contributed by atoms with Crippen LogP contribution in [-0.2, 0) is 14.3 Å². The first kappa shape index (κ1) is 21.2. The number of ketones is 1. The molecule has 2 amide bonds. The lowest BCUT2D eigenvalue weighted by molar-refractivity contribution is -0.122. The Bertz CT molecular complexity index is 1070. The molecule has 0 aromatic heterocycles. The fraction of sp³-hybridized carbons (Fsp3) is 0.250. The second-order valence-corrected chi connectivity index (χ2v) is 8.64. The molecule has 0 unspecified atom stereocenters. The Morgan fingerprint density at radius 1 is 1.00 bits per heavy atom. The van der Waals surface area contributed by atoms with Crippen molar-refractivity contribution in [3.63, 3.8) is 0 Å². The Kier molecular flexibility index (Phi) is 5.87. The smallest absolute Gasteiger partial charge is 0.338 e. The number of hydrogen-bond donors (Lipinski definition) is 0. The predicted molar refractivity (Wildman–Crippen MR) is 118 cm³/mol. The van der Waals surface area contributed by atoms with Gasteiger partial charge in [0.1, 0.15) is 0 Å². The number of Topliss-reactive ketones (excluding diaryl/α,β-unsaturated/α-hetero) is 1. The number of imide groups is 1. The molecule has 3 atom stereocenters. The maximum absolute atomic E-state index is 12.9. The molecule has 4 rings (SSSR count). The van der Waals surface area contributed by atoms with Crippen LogP contribution in [0.1, 0.15) is 34.1 Å². The number of esters is 1. The summed E-state index contributed by atoms with van der Waals surface area (Å²) in [5.74, 6) is -2.03. The average molecular weight is 482 g/mol. The first-order chi connectivity index (χ1) is 14.9. The van der Waals surface area contributed by atoms with E-state index in [9.17, 15) is 19.2 Å². The average Bonchev–Trinajstić information content (AvgIpc) is 3.03. The highest BCUT2D eigenvalue weighted by Gasteiger charge is 2.50. The van der Waals surface area contributed by atoms with Crippen LogP contribution >= 0.6 is 15.9 Å². The molecular weight excluding hydrogens is 462 g/mol. The van der Waals surface area contributed by atoms with E-state index in [1.165, 1.54) is 17.0 Å². The maximum Gasteiger partial charge on any atom is 0.338 e. The summed E-state index contributed by atoms with van der Waals surface area (Å²) < 4.78 is 5.97. The number of carbonyl (C=O) groups excluding carboxylic acids is 4. The van der Waals surface area contributed by atoms with Gasteiger partial charge in [-0.3, -0.25) is 19.3 Å². The highest BCUT2D eigenvalue weighted by atomic mass is 79.9. The van der Waals surface area contributed by atoms with Crippen molar-refractivity contribution in [2.24, 2.45) is 17.8 Å². The van der Waals surface area contributed by atoms with Crippen LogP contribution in [0.4, 0.5) is 5.69 Å². The third-order valence-electron chi connectivity index (χ3n) is 5.73. The van der Waals surface area contributed by atoms with Crippen molar-refractivity contribution in [1.82, 2.24) is 0 Å². The van der Waals surface area contributed by atoms with E-state index < -0.39 is 5.97 Å². The van der Waals surface area contributed by atoms with Crippen LogP contribution in [0.2, 0.25) is 0 Å². The molecule has 2 aromatic carbocycles. The summed E-state index contributed by atoms with van der Waals surface area (Å²) in [7, 11) is 0. The molecule has 0 saturated carbocycles. The Morgan fingerprint density at radius 2 is 1.65 bits per heavy atom. The normalized spacial score (nSPS) is 22.4. The van der Waals surface area contributed by atoms with Gasteiger partial charge in [0.15, 0.2) is 12.4 Å². The van der Waals surface area contributed by atoms with E-state index in [0.717, 1.165) is 4.47 Å². The van der Waals surface area contributed by atoms with Gasteiger partial charge in [-0.25, -0.2) is 4.79 Å². The summed E-state index contributed by atoms with van der Waals surface area (Å²) in [6, 6.07) is 12.9. The van der Waals surface area contributed by atoms with E-state index in [1.54, 1.807) is 36.4 Å². The molecule has 1 heterocycles. The molecule has 0 N–H and O–H groups in total. The molecule has 1 saturated heterocycles. The summed E-state index contributed by atoms with van der Waals surface area (Å²) in [6.07, 6.45) is 4.49. The molecule has 158 valence electrons. The second kappa shape index (κ2) is 8.59. The van der Waals surface area contributed by atoms with Gasteiger partial charge < -0.3 is 4.74 Å². The zero-order valence-corrected chi connectivity index (χ0v) is 18.4. The van der Waals surface area contributed by atoms with E-state index in [0.29, 0.717) is 17.7 Å². The second-order valence-electron chi connectivity index (χ2n) is 7.72. The van der Waals surface area contributed by atoms with Crippen LogP contribution < -0.4 is 4.90 Å². The van der Waals surface area contributed by atoms with Crippen LogP contribution in [0.3, 0.4) is 0 Å². The minimum absolute atomic E-state index is 0.0118. The molecule has 0 spiro atoms. The lowest BCUT2D eigenvalue weighted by atomic mass is 9.78. The lowest BCUT2D eigenvalue weighted by Gasteiger charge is -2.22. The van der Waals surface area contributed by atoms with Gasteiger partial charge in [-0.1, -0.05) is 47.1 Å². The first-order valence-corrected chi connectivity index (χ1v) is 10.8. The van der Waals surface area contributed by atoms with Gasteiger partial charge in [-0.15, -0.1) is 0 Å². The van der Waals surface area contributed by atoms with Gasteiger partial charge in [0, 0.05) is 10.0 Å². The Balaban J connectivity index is 1.41. The van der Waals surface area contributed by atoms with Crippen LogP contribution in [0.25, 0.3) is 0 Å². The van der Waals surface area contributed by atoms with Gasteiger partial charge in [0.25, 0.3) is 0 Å². The number of benzene rings is 2. The third kappa shape index (κ3) is 4.10. The fourth-order valence-electron chi connectivity index (χ4n) is 4.08. The Labute approximate surface area is 188 Å². The van der Waals surface area contributed by atoms with Crippen molar-refractivity contribution in [1.29, 1.82) is 0 Å².